The molecule has 0 aromatic heterocycles. The minimum absolute atomic E-state index is 0.0528. The smallest absolute Gasteiger partial charge is 0.254 e. The fourth-order valence-electron chi connectivity index (χ4n) is 2.63. The molecule has 1 aromatic rings. The van der Waals surface area contributed by atoms with Crippen molar-refractivity contribution in [2.75, 3.05) is 13.2 Å². The highest BCUT2D eigenvalue weighted by atomic mass is 35.5. The van der Waals surface area contributed by atoms with Crippen LogP contribution in [0.15, 0.2) is 12.1 Å². The van der Waals surface area contributed by atoms with Gasteiger partial charge in [0, 0.05) is 17.6 Å². The molecular formula is C19H30ClNO3. The largest absolute Gasteiger partial charge is 0.490 e. The van der Waals surface area contributed by atoms with Crippen LogP contribution >= 0.6 is 11.6 Å². The lowest BCUT2D eigenvalue weighted by Gasteiger charge is -2.31. The second-order valence-corrected chi connectivity index (χ2v) is 6.73. The molecule has 0 aliphatic heterocycles. The van der Waals surface area contributed by atoms with E-state index in [1.165, 1.54) is 0 Å². The van der Waals surface area contributed by atoms with Crippen molar-refractivity contribution in [3.8, 4) is 11.5 Å². The molecule has 1 amide bonds. The molecule has 0 saturated carbocycles. The Labute approximate surface area is 151 Å². The van der Waals surface area contributed by atoms with Gasteiger partial charge in [-0.15, -0.1) is 0 Å². The molecule has 0 aliphatic carbocycles. The Balaban J connectivity index is 3.19. The maximum absolute atomic E-state index is 12.9. The predicted octanol–water partition coefficient (Wildman–Crippen LogP) is 5.18. The van der Waals surface area contributed by atoms with Gasteiger partial charge in [-0.2, -0.15) is 0 Å². The zero-order valence-electron chi connectivity index (χ0n) is 15.7. The first kappa shape index (κ1) is 20.6. The fourth-order valence-corrected chi connectivity index (χ4v) is 2.89. The minimum Gasteiger partial charge on any atom is -0.490 e. The monoisotopic (exact) mass is 355 g/mol. The summed E-state index contributed by atoms with van der Waals surface area (Å²) in [4.78, 5) is 14.7. The molecule has 4 nitrogen and oxygen atoms in total. The van der Waals surface area contributed by atoms with Gasteiger partial charge in [-0.05, 0) is 53.2 Å². The Hall–Kier alpha value is -1.42. The molecule has 136 valence electrons. The SMILES string of the molecule is CCCCOc1c(Cl)cc(C(=O)N(C(C)C)C(C)C)cc1OCC. The van der Waals surface area contributed by atoms with Gasteiger partial charge < -0.3 is 14.4 Å². The first-order chi connectivity index (χ1) is 11.3. The molecule has 0 radical (unpaired) electrons. The number of carbonyl (C=O) groups excluding carboxylic acids is 1. The number of hydrogen-bond acceptors (Lipinski definition) is 3. The highest BCUT2D eigenvalue weighted by Crippen LogP contribution is 2.37. The topological polar surface area (TPSA) is 38.8 Å². The van der Waals surface area contributed by atoms with Gasteiger partial charge in [-0.3, -0.25) is 4.79 Å². The molecule has 0 aliphatic rings. The molecule has 0 saturated heterocycles. The summed E-state index contributed by atoms with van der Waals surface area (Å²) < 4.78 is 11.4. The fraction of sp³-hybridized carbons (Fsp3) is 0.632. The molecule has 0 heterocycles. The van der Waals surface area contributed by atoms with E-state index >= 15 is 0 Å². The normalized spacial score (nSPS) is 11.0. The van der Waals surface area contributed by atoms with Crippen LogP contribution in [-0.4, -0.2) is 36.1 Å². The first-order valence-corrected chi connectivity index (χ1v) is 9.12. The van der Waals surface area contributed by atoms with Crippen molar-refractivity contribution in [1.82, 2.24) is 4.90 Å². The third-order valence-electron chi connectivity index (χ3n) is 3.65. The summed E-state index contributed by atoms with van der Waals surface area (Å²) in [7, 11) is 0. The number of hydrogen-bond donors (Lipinski definition) is 0. The highest BCUT2D eigenvalue weighted by molar-refractivity contribution is 6.32. The summed E-state index contributed by atoms with van der Waals surface area (Å²) in [6.45, 7) is 13.1. The molecule has 0 N–H and O–H groups in total. The lowest BCUT2D eigenvalue weighted by atomic mass is 10.1. The zero-order chi connectivity index (χ0) is 18.3. The Kier molecular flexibility index (Phi) is 8.40. The van der Waals surface area contributed by atoms with Crippen LogP contribution in [0.25, 0.3) is 0 Å². The summed E-state index contributed by atoms with van der Waals surface area (Å²) >= 11 is 6.38. The van der Waals surface area contributed by atoms with E-state index in [1.54, 1.807) is 12.1 Å². The lowest BCUT2D eigenvalue weighted by molar-refractivity contribution is 0.0643. The van der Waals surface area contributed by atoms with Crippen LogP contribution in [-0.2, 0) is 0 Å². The predicted molar refractivity (Wildman–Crippen MR) is 99.5 cm³/mol. The molecule has 1 rings (SSSR count). The van der Waals surface area contributed by atoms with Crippen LogP contribution in [0.3, 0.4) is 0 Å². The van der Waals surface area contributed by atoms with Crippen molar-refractivity contribution in [1.29, 1.82) is 0 Å². The molecular weight excluding hydrogens is 326 g/mol. The molecule has 0 bridgehead atoms. The van der Waals surface area contributed by atoms with Crippen molar-refractivity contribution in [2.45, 2.75) is 66.5 Å². The van der Waals surface area contributed by atoms with Crippen molar-refractivity contribution < 1.29 is 14.3 Å². The Morgan fingerprint density at radius 2 is 1.75 bits per heavy atom. The maximum atomic E-state index is 12.9. The van der Waals surface area contributed by atoms with E-state index < -0.39 is 0 Å². The Morgan fingerprint density at radius 3 is 2.25 bits per heavy atom. The number of ether oxygens (including phenoxy) is 2. The minimum atomic E-state index is -0.0528. The molecule has 1 aromatic carbocycles. The van der Waals surface area contributed by atoms with Crippen molar-refractivity contribution >= 4 is 17.5 Å². The van der Waals surface area contributed by atoms with Crippen LogP contribution in [0.4, 0.5) is 0 Å². The van der Waals surface area contributed by atoms with Crippen molar-refractivity contribution in [3.63, 3.8) is 0 Å². The van der Waals surface area contributed by atoms with Gasteiger partial charge in [0.25, 0.3) is 5.91 Å². The summed E-state index contributed by atoms with van der Waals surface area (Å²) in [5, 5.41) is 0.410. The summed E-state index contributed by atoms with van der Waals surface area (Å²) in [6, 6.07) is 3.61. The van der Waals surface area contributed by atoms with E-state index in [1.807, 2.05) is 39.5 Å². The molecule has 0 atom stereocenters. The van der Waals surface area contributed by atoms with E-state index in [0.29, 0.717) is 35.3 Å². The van der Waals surface area contributed by atoms with Crippen LogP contribution in [0.5, 0.6) is 11.5 Å². The van der Waals surface area contributed by atoms with Gasteiger partial charge in [0.15, 0.2) is 11.5 Å². The number of unbranched alkanes of at least 4 members (excludes halogenated alkanes) is 1. The van der Waals surface area contributed by atoms with Gasteiger partial charge in [-0.1, -0.05) is 24.9 Å². The van der Waals surface area contributed by atoms with E-state index in [9.17, 15) is 4.79 Å². The molecule has 0 unspecified atom stereocenters. The molecule has 0 spiro atoms. The third-order valence-corrected chi connectivity index (χ3v) is 3.93. The number of rotatable bonds is 9. The second-order valence-electron chi connectivity index (χ2n) is 6.32. The molecule has 5 heteroatoms. The first-order valence-electron chi connectivity index (χ1n) is 8.75. The zero-order valence-corrected chi connectivity index (χ0v) is 16.4. The molecule has 24 heavy (non-hydrogen) atoms. The standard InChI is InChI=1S/C19H30ClNO3/c1-7-9-10-24-18-16(20)11-15(12-17(18)23-8-2)19(22)21(13(3)4)14(5)6/h11-14H,7-10H2,1-6H3. The van der Waals surface area contributed by atoms with E-state index in [4.69, 9.17) is 21.1 Å². The number of nitrogens with zero attached hydrogens (tertiary/aromatic N) is 1. The highest BCUT2D eigenvalue weighted by Gasteiger charge is 2.24. The lowest BCUT2D eigenvalue weighted by Crippen LogP contribution is -2.42. The van der Waals surface area contributed by atoms with Crippen LogP contribution in [0, 0.1) is 0 Å². The van der Waals surface area contributed by atoms with E-state index in [2.05, 4.69) is 6.92 Å². The molecule has 0 fully saturated rings. The van der Waals surface area contributed by atoms with Gasteiger partial charge in [0.2, 0.25) is 0 Å². The van der Waals surface area contributed by atoms with Gasteiger partial charge in [0.1, 0.15) is 0 Å². The van der Waals surface area contributed by atoms with Crippen LogP contribution in [0.2, 0.25) is 5.02 Å². The number of amides is 1. The van der Waals surface area contributed by atoms with Gasteiger partial charge in [0.05, 0.1) is 18.2 Å². The average molecular weight is 356 g/mol. The Bertz CT molecular complexity index is 536. The number of halogens is 1. The average Bonchev–Trinajstić information content (AvgIpc) is 2.49. The quantitative estimate of drug-likeness (QED) is 0.573. The summed E-state index contributed by atoms with van der Waals surface area (Å²) in [6.07, 6.45) is 1.98. The van der Waals surface area contributed by atoms with Crippen molar-refractivity contribution in [2.24, 2.45) is 0 Å². The number of benzene rings is 1. The summed E-state index contributed by atoms with van der Waals surface area (Å²) in [5.41, 5.74) is 0.522. The van der Waals surface area contributed by atoms with E-state index in [0.717, 1.165) is 12.8 Å². The second kappa shape index (κ2) is 9.77. The summed E-state index contributed by atoms with van der Waals surface area (Å²) in [5.74, 6) is 0.990. The Morgan fingerprint density at radius 1 is 1.12 bits per heavy atom. The van der Waals surface area contributed by atoms with Crippen LogP contribution in [0.1, 0.15) is 64.7 Å². The van der Waals surface area contributed by atoms with E-state index in [-0.39, 0.29) is 18.0 Å². The van der Waals surface area contributed by atoms with Crippen molar-refractivity contribution in [3.05, 3.63) is 22.7 Å². The maximum Gasteiger partial charge on any atom is 0.254 e. The third kappa shape index (κ3) is 5.30. The van der Waals surface area contributed by atoms with Gasteiger partial charge in [-0.25, -0.2) is 0 Å². The number of carbonyl (C=O) groups is 1. The van der Waals surface area contributed by atoms with Crippen LogP contribution < -0.4 is 9.47 Å². The van der Waals surface area contributed by atoms with Gasteiger partial charge >= 0.3 is 0 Å².